The molecule has 0 saturated carbocycles. The fourth-order valence-electron chi connectivity index (χ4n) is 3.58. The molecule has 0 radical (unpaired) electrons. The Bertz CT molecular complexity index is 405. The van der Waals surface area contributed by atoms with Crippen LogP contribution in [0.3, 0.4) is 0 Å². The van der Waals surface area contributed by atoms with Crippen molar-refractivity contribution in [2.45, 2.75) is 24.4 Å². The van der Waals surface area contributed by atoms with Crippen molar-refractivity contribution in [1.82, 2.24) is 19.6 Å². The number of nitro groups is 2. The van der Waals surface area contributed by atoms with Gasteiger partial charge in [0.25, 0.3) is 0 Å². The lowest BCUT2D eigenvalue weighted by molar-refractivity contribution is -1.03. The second kappa shape index (κ2) is 1.10. The summed E-state index contributed by atoms with van der Waals surface area (Å²) in [6.45, 7) is 0. The van der Waals surface area contributed by atoms with Gasteiger partial charge in [0.1, 0.15) is 0 Å². The highest BCUT2D eigenvalue weighted by Crippen LogP contribution is 2.85. The van der Waals surface area contributed by atoms with Crippen LogP contribution in [0.15, 0.2) is 0 Å². The van der Waals surface area contributed by atoms with Crippen molar-refractivity contribution in [1.29, 1.82) is 0 Å². The van der Waals surface area contributed by atoms with E-state index in [4.69, 9.17) is 0 Å². The van der Waals surface area contributed by atoms with Gasteiger partial charge in [-0.3, -0.25) is 20.2 Å². The predicted octanol–water partition coefficient (Wildman–Crippen LogP) is -2.39. The van der Waals surface area contributed by atoms with Gasteiger partial charge in [-0.2, -0.15) is 0 Å². The van der Waals surface area contributed by atoms with Gasteiger partial charge < -0.3 is 0 Å². The number of hydrogen-bond donors (Lipinski definition) is 0. The minimum atomic E-state index is -1.35. The van der Waals surface area contributed by atoms with Crippen molar-refractivity contribution < 1.29 is 9.85 Å². The van der Waals surface area contributed by atoms with Crippen LogP contribution < -0.4 is 0 Å². The van der Waals surface area contributed by atoms with E-state index in [1.165, 1.54) is 9.80 Å². The van der Waals surface area contributed by atoms with E-state index in [0.29, 0.717) is 0 Å². The predicted molar refractivity (Wildman–Crippen MR) is 34.4 cm³/mol. The van der Waals surface area contributed by atoms with E-state index in [2.05, 4.69) is 0 Å². The molecule has 6 aliphatic heterocycles. The van der Waals surface area contributed by atoms with Crippen LogP contribution in [0.4, 0.5) is 0 Å². The standard InChI is InChI=1S/C4H2N6O4/c11-9(12)3-5-1-6-2(5)8(3)4(6,7(1)3)10(13)14/h1-2H. The third-order valence-corrected chi connectivity index (χ3v) is 3.93. The summed E-state index contributed by atoms with van der Waals surface area (Å²) in [5.41, 5.74) is 0. The SMILES string of the molecule is O=[N+]([O-])C12N3C4N5C3N1C5([N+](=O)[O-])N42. The van der Waals surface area contributed by atoms with Crippen LogP contribution in [0.25, 0.3) is 0 Å². The Kier molecular flexibility index (Phi) is 0.485. The van der Waals surface area contributed by atoms with Crippen molar-refractivity contribution in [2.24, 2.45) is 0 Å². The highest BCUT2D eigenvalue weighted by Gasteiger charge is 3.23. The summed E-state index contributed by atoms with van der Waals surface area (Å²) in [6.07, 6.45) is -0.360. The van der Waals surface area contributed by atoms with Crippen LogP contribution in [0.5, 0.6) is 0 Å². The van der Waals surface area contributed by atoms with E-state index >= 15 is 0 Å². The van der Waals surface area contributed by atoms with Crippen molar-refractivity contribution in [2.75, 3.05) is 0 Å². The van der Waals surface area contributed by atoms with Crippen molar-refractivity contribution >= 4 is 0 Å². The van der Waals surface area contributed by atoms with Crippen LogP contribution in [0.2, 0.25) is 0 Å². The van der Waals surface area contributed by atoms with Gasteiger partial charge in [0.2, 0.25) is 0 Å². The molecule has 72 valence electrons. The summed E-state index contributed by atoms with van der Waals surface area (Å²) in [5, 5.41) is 21.6. The molecular weight excluding hydrogens is 196 g/mol. The van der Waals surface area contributed by atoms with E-state index in [0.717, 1.165) is 0 Å². The van der Waals surface area contributed by atoms with Gasteiger partial charge in [0.05, 0.1) is 9.85 Å². The Hall–Kier alpha value is -1.36. The molecule has 0 unspecified atom stereocenters. The monoisotopic (exact) mass is 198 g/mol. The van der Waals surface area contributed by atoms with Gasteiger partial charge in [-0.15, -0.1) is 9.80 Å². The molecule has 0 bridgehead atoms. The summed E-state index contributed by atoms with van der Waals surface area (Å²) in [4.78, 5) is 26.7. The summed E-state index contributed by atoms with van der Waals surface area (Å²) in [5.74, 6) is -2.70. The molecule has 14 heavy (non-hydrogen) atoms. The molecule has 0 aromatic carbocycles. The molecule has 10 heteroatoms. The first-order valence-corrected chi connectivity index (χ1v) is 4.07. The molecule has 0 aromatic rings. The molecule has 0 spiro atoms. The second-order valence-corrected chi connectivity index (χ2v) is 3.96. The second-order valence-electron chi connectivity index (χ2n) is 3.96. The quantitative estimate of drug-likeness (QED) is 0.357. The van der Waals surface area contributed by atoms with Crippen molar-refractivity contribution in [3.8, 4) is 0 Å². The Morgan fingerprint density at radius 1 is 0.929 bits per heavy atom. The molecule has 10 nitrogen and oxygen atoms in total. The van der Waals surface area contributed by atoms with Gasteiger partial charge in [-0.1, -0.05) is 9.80 Å². The largest absolute Gasteiger partial charge is 0.427 e. The molecular formula is C4H2N6O4. The van der Waals surface area contributed by atoms with E-state index in [-0.39, 0.29) is 12.6 Å². The lowest BCUT2D eigenvalue weighted by atomic mass is 9.76. The lowest BCUT2D eigenvalue weighted by Crippen LogP contribution is -3.36. The average Bonchev–Trinajstić information content (AvgIpc) is 2.16. The van der Waals surface area contributed by atoms with Gasteiger partial charge >= 0.3 is 11.8 Å². The minimum absolute atomic E-state index is 0.180. The summed E-state index contributed by atoms with van der Waals surface area (Å²) in [7, 11) is 0. The van der Waals surface area contributed by atoms with Crippen LogP contribution in [0.1, 0.15) is 0 Å². The normalized spacial score (nSPS) is 61.4. The van der Waals surface area contributed by atoms with Gasteiger partial charge in [0, 0.05) is 0 Å². The first-order chi connectivity index (χ1) is 6.62. The molecule has 0 atom stereocenters. The molecule has 6 rings (SSSR count). The van der Waals surface area contributed by atoms with Crippen molar-refractivity contribution in [3.63, 3.8) is 0 Å². The number of nitrogens with zero attached hydrogens (tertiary/aromatic N) is 6. The first-order valence-electron chi connectivity index (χ1n) is 4.07. The van der Waals surface area contributed by atoms with Gasteiger partial charge in [-0.05, 0) is 0 Å². The van der Waals surface area contributed by atoms with Gasteiger partial charge in [0.15, 0.2) is 12.6 Å². The molecule has 0 N–H and O–H groups in total. The summed E-state index contributed by atoms with van der Waals surface area (Å²) in [6, 6.07) is 0. The minimum Gasteiger partial charge on any atom is -0.260 e. The third-order valence-electron chi connectivity index (χ3n) is 3.93. The van der Waals surface area contributed by atoms with E-state index in [9.17, 15) is 20.2 Å². The molecule has 0 aliphatic carbocycles. The van der Waals surface area contributed by atoms with E-state index in [1.54, 1.807) is 9.80 Å². The maximum absolute atomic E-state index is 10.8. The molecule has 0 amide bonds. The Labute approximate surface area is 75.2 Å². The zero-order valence-electron chi connectivity index (χ0n) is 6.47. The smallest absolute Gasteiger partial charge is 0.260 e. The molecule has 0 aromatic heterocycles. The first kappa shape index (κ1) is 6.19. The van der Waals surface area contributed by atoms with Crippen LogP contribution in [0, 0.1) is 20.2 Å². The molecule has 6 fully saturated rings. The maximum atomic E-state index is 10.8. The lowest BCUT2D eigenvalue weighted by Gasteiger charge is -3.01. The highest BCUT2D eigenvalue weighted by atomic mass is 16.7. The third kappa shape index (κ3) is 0.198. The number of rotatable bonds is 2. The topological polar surface area (TPSA) is 99.2 Å². The fourth-order valence-corrected chi connectivity index (χ4v) is 3.58. The van der Waals surface area contributed by atoms with Crippen molar-refractivity contribution in [3.05, 3.63) is 20.2 Å². The summed E-state index contributed by atoms with van der Waals surface area (Å²) >= 11 is 0. The zero-order chi connectivity index (χ0) is 9.62. The summed E-state index contributed by atoms with van der Waals surface area (Å²) < 4.78 is 0. The molecule has 6 saturated heterocycles. The maximum Gasteiger partial charge on any atom is 0.427 e. The zero-order valence-corrected chi connectivity index (χ0v) is 6.47. The molecule has 6 heterocycles. The van der Waals surface area contributed by atoms with Crippen LogP contribution >= 0.6 is 0 Å². The Morgan fingerprint density at radius 2 is 1.29 bits per heavy atom. The highest BCUT2D eigenvalue weighted by molar-refractivity contribution is 5.39. The van der Waals surface area contributed by atoms with Crippen LogP contribution in [-0.4, -0.2) is 53.8 Å². The average molecular weight is 198 g/mol. The van der Waals surface area contributed by atoms with E-state index in [1.807, 2.05) is 0 Å². The fraction of sp³-hybridized carbons (Fsp3) is 1.00. The van der Waals surface area contributed by atoms with Crippen LogP contribution in [-0.2, 0) is 0 Å². The number of hydrogen-bond acceptors (Lipinski definition) is 8. The molecule has 6 aliphatic rings. The Morgan fingerprint density at radius 3 is 1.57 bits per heavy atom. The Balaban J connectivity index is 1.71. The van der Waals surface area contributed by atoms with E-state index < -0.39 is 21.7 Å². The van der Waals surface area contributed by atoms with Gasteiger partial charge in [-0.25, -0.2) is 0 Å².